The first-order valence-electron chi connectivity index (χ1n) is 7.18. The SMILES string of the molecule is CC(C)(C)c1cccc(C(=O)CC2CCOCC2)c1. The normalized spacial score (nSPS) is 17.4. The maximum atomic E-state index is 12.4. The van der Waals surface area contributed by atoms with Gasteiger partial charge in [-0.3, -0.25) is 4.79 Å². The number of carbonyl (C=O) groups excluding carboxylic acids is 1. The molecule has 2 nitrogen and oxygen atoms in total. The summed E-state index contributed by atoms with van der Waals surface area (Å²) in [5, 5.41) is 0. The van der Waals surface area contributed by atoms with Crippen LogP contribution in [0.25, 0.3) is 0 Å². The van der Waals surface area contributed by atoms with Crippen molar-refractivity contribution in [2.24, 2.45) is 5.92 Å². The van der Waals surface area contributed by atoms with Gasteiger partial charge in [0.2, 0.25) is 0 Å². The van der Waals surface area contributed by atoms with E-state index in [1.54, 1.807) is 0 Å². The van der Waals surface area contributed by atoms with Crippen LogP contribution >= 0.6 is 0 Å². The molecule has 19 heavy (non-hydrogen) atoms. The second-order valence-electron chi connectivity index (χ2n) is 6.51. The molecule has 0 bridgehead atoms. The first kappa shape index (κ1) is 14.3. The number of hydrogen-bond acceptors (Lipinski definition) is 2. The summed E-state index contributed by atoms with van der Waals surface area (Å²) in [6.45, 7) is 8.14. The Morgan fingerprint density at radius 1 is 1.26 bits per heavy atom. The Balaban J connectivity index is 2.06. The lowest BCUT2D eigenvalue weighted by Gasteiger charge is -2.22. The van der Waals surface area contributed by atoms with Crippen LogP contribution in [0.2, 0.25) is 0 Å². The minimum absolute atomic E-state index is 0.0922. The van der Waals surface area contributed by atoms with Crippen LogP contribution in [0, 0.1) is 5.92 Å². The van der Waals surface area contributed by atoms with E-state index in [1.165, 1.54) is 5.56 Å². The van der Waals surface area contributed by atoms with Crippen LogP contribution in [-0.4, -0.2) is 19.0 Å². The molecule has 1 saturated heterocycles. The molecule has 0 radical (unpaired) electrons. The molecular formula is C17H24O2. The third-order valence-corrected chi connectivity index (χ3v) is 3.87. The Hall–Kier alpha value is -1.15. The van der Waals surface area contributed by atoms with Crippen LogP contribution in [0.4, 0.5) is 0 Å². The highest BCUT2D eigenvalue weighted by Crippen LogP contribution is 2.25. The lowest BCUT2D eigenvalue weighted by Crippen LogP contribution is -2.19. The van der Waals surface area contributed by atoms with Gasteiger partial charge in [-0.15, -0.1) is 0 Å². The number of ketones is 1. The predicted molar refractivity (Wildman–Crippen MR) is 77.6 cm³/mol. The summed E-state index contributed by atoms with van der Waals surface area (Å²) in [6.07, 6.45) is 2.70. The van der Waals surface area contributed by atoms with E-state index in [-0.39, 0.29) is 11.2 Å². The van der Waals surface area contributed by atoms with Crippen molar-refractivity contribution in [2.75, 3.05) is 13.2 Å². The van der Waals surface area contributed by atoms with Crippen LogP contribution in [0.15, 0.2) is 24.3 Å². The predicted octanol–water partition coefficient (Wildman–Crippen LogP) is 3.98. The molecular weight excluding hydrogens is 236 g/mol. The molecule has 1 heterocycles. The molecule has 0 saturated carbocycles. The fourth-order valence-electron chi connectivity index (χ4n) is 2.49. The van der Waals surface area contributed by atoms with Gasteiger partial charge in [-0.1, -0.05) is 39.0 Å². The second-order valence-corrected chi connectivity index (χ2v) is 6.51. The maximum absolute atomic E-state index is 12.4. The molecule has 2 heteroatoms. The van der Waals surface area contributed by atoms with Gasteiger partial charge in [0.1, 0.15) is 0 Å². The molecule has 0 aliphatic carbocycles. The van der Waals surface area contributed by atoms with E-state index < -0.39 is 0 Å². The Morgan fingerprint density at radius 2 is 1.95 bits per heavy atom. The molecule has 104 valence electrons. The molecule has 0 amide bonds. The van der Waals surface area contributed by atoms with E-state index >= 15 is 0 Å². The Morgan fingerprint density at radius 3 is 2.58 bits per heavy atom. The number of carbonyl (C=O) groups is 1. The number of benzene rings is 1. The third-order valence-electron chi connectivity index (χ3n) is 3.87. The highest BCUT2D eigenvalue weighted by molar-refractivity contribution is 5.96. The van der Waals surface area contributed by atoms with Crippen LogP contribution in [0.3, 0.4) is 0 Å². The standard InChI is InChI=1S/C17H24O2/c1-17(2,3)15-6-4-5-14(12-15)16(18)11-13-7-9-19-10-8-13/h4-6,12-13H,7-11H2,1-3H3. The fraction of sp³-hybridized carbons (Fsp3) is 0.588. The Labute approximate surface area is 116 Å². The van der Waals surface area contributed by atoms with Gasteiger partial charge in [-0.05, 0) is 35.8 Å². The molecule has 1 aliphatic rings. The molecule has 1 aromatic rings. The van der Waals surface area contributed by atoms with Crippen molar-refractivity contribution in [2.45, 2.75) is 45.4 Å². The molecule has 0 atom stereocenters. The third kappa shape index (κ3) is 3.90. The molecule has 1 aromatic carbocycles. The van der Waals surface area contributed by atoms with E-state index in [4.69, 9.17) is 4.74 Å². The van der Waals surface area contributed by atoms with Crippen molar-refractivity contribution in [3.8, 4) is 0 Å². The van der Waals surface area contributed by atoms with Crippen molar-refractivity contribution in [1.82, 2.24) is 0 Å². The van der Waals surface area contributed by atoms with E-state index in [0.717, 1.165) is 31.6 Å². The zero-order valence-electron chi connectivity index (χ0n) is 12.2. The number of ether oxygens (including phenoxy) is 1. The van der Waals surface area contributed by atoms with Crippen LogP contribution in [0.5, 0.6) is 0 Å². The quantitative estimate of drug-likeness (QED) is 0.768. The lowest BCUT2D eigenvalue weighted by molar-refractivity contribution is 0.0601. The van der Waals surface area contributed by atoms with Crippen LogP contribution in [0.1, 0.15) is 56.0 Å². The minimum atomic E-state index is 0.0922. The zero-order chi connectivity index (χ0) is 13.9. The molecule has 1 fully saturated rings. The highest BCUT2D eigenvalue weighted by atomic mass is 16.5. The van der Waals surface area contributed by atoms with Crippen LogP contribution < -0.4 is 0 Å². The summed E-state index contributed by atoms with van der Waals surface area (Å²) in [4.78, 5) is 12.4. The topological polar surface area (TPSA) is 26.3 Å². The maximum Gasteiger partial charge on any atom is 0.163 e. The zero-order valence-corrected chi connectivity index (χ0v) is 12.2. The van der Waals surface area contributed by atoms with Crippen molar-refractivity contribution in [1.29, 1.82) is 0 Å². The average Bonchev–Trinajstić information content (AvgIpc) is 2.39. The van der Waals surface area contributed by atoms with E-state index in [0.29, 0.717) is 12.3 Å². The summed E-state index contributed by atoms with van der Waals surface area (Å²) >= 11 is 0. The van der Waals surface area contributed by atoms with E-state index in [9.17, 15) is 4.79 Å². The first-order valence-corrected chi connectivity index (χ1v) is 7.18. The molecule has 1 aliphatic heterocycles. The number of Topliss-reactive ketones (excluding diaryl/α,β-unsaturated/α-hetero) is 1. The van der Waals surface area contributed by atoms with Gasteiger partial charge < -0.3 is 4.74 Å². The summed E-state index contributed by atoms with van der Waals surface area (Å²) in [5.41, 5.74) is 2.18. The second kappa shape index (κ2) is 5.87. The molecule has 0 unspecified atom stereocenters. The van der Waals surface area contributed by atoms with Gasteiger partial charge in [0, 0.05) is 25.2 Å². The smallest absolute Gasteiger partial charge is 0.163 e. The monoisotopic (exact) mass is 260 g/mol. The van der Waals surface area contributed by atoms with Gasteiger partial charge in [0.15, 0.2) is 5.78 Å². The summed E-state index contributed by atoms with van der Waals surface area (Å²) in [6, 6.07) is 8.10. The largest absolute Gasteiger partial charge is 0.381 e. The number of rotatable bonds is 3. The lowest BCUT2D eigenvalue weighted by atomic mass is 9.85. The average molecular weight is 260 g/mol. The minimum Gasteiger partial charge on any atom is -0.381 e. The van der Waals surface area contributed by atoms with Crippen molar-refractivity contribution < 1.29 is 9.53 Å². The highest BCUT2D eigenvalue weighted by Gasteiger charge is 2.20. The summed E-state index contributed by atoms with van der Waals surface area (Å²) in [5.74, 6) is 0.776. The van der Waals surface area contributed by atoms with Gasteiger partial charge in [-0.25, -0.2) is 0 Å². The Bertz CT molecular complexity index is 437. The first-order chi connectivity index (χ1) is 8.97. The fourth-order valence-corrected chi connectivity index (χ4v) is 2.49. The van der Waals surface area contributed by atoms with Crippen molar-refractivity contribution in [3.63, 3.8) is 0 Å². The molecule has 2 rings (SSSR count). The Kier molecular flexibility index (Phi) is 4.41. The van der Waals surface area contributed by atoms with Crippen molar-refractivity contribution >= 4 is 5.78 Å². The van der Waals surface area contributed by atoms with Gasteiger partial charge >= 0.3 is 0 Å². The molecule has 0 spiro atoms. The van der Waals surface area contributed by atoms with Gasteiger partial charge in [0.25, 0.3) is 0 Å². The van der Waals surface area contributed by atoms with E-state index in [1.807, 2.05) is 12.1 Å². The van der Waals surface area contributed by atoms with E-state index in [2.05, 4.69) is 32.9 Å². The number of hydrogen-bond donors (Lipinski definition) is 0. The molecule has 0 aromatic heterocycles. The summed E-state index contributed by atoms with van der Waals surface area (Å²) < 4.78 is 5.34. The van der Waals surface area contributed by atoms with Gasteiger partial charge in [-0.2, -0.15) is 0 Å². The summed E-state index contributed by atoms with van der Waals surface area (Å²) in [7, 11) is 0. The van der Waals surface area contributed by atoms with Gasteiger partial charge in [0.05, 0.1) is 0 Å². The molecule has 0 N–H and O–H groups in total. The van der Waals surface area contributed by atoms with Crippen molar-refractivity contribution in [3.05, 3.63) is 35.4 Å². The van der Waals surface area contributed by atoms with Crippen LogP contribution in [-0.2, 0) is 10.2 Å².